The number of aliphatic hydroxyl groups is 3. The van der Waals surface area contributed by atoms with E-state index in [4.69, 9.17) is 66.3 Å². The molecule has 31 atom stereocenters. The van der Waals surface area contributed by atoms with Crippen molar-refractivity contribution in [2.24, 2.45) is 0 Å². The molecule has 0 unspecified atom stereocenters. The molecule has 0 bridgehead atoms. The van der Waals surface area contributed by atoms with Crippen LogP contribution in [0.3, 0.4) is 0 Å². The molecule has 14 aliphatic rings. The van der Waals surface area contributed by atoms with Crippen molar-refractivity contribution in [2.75, 3.05) is 0 Å². The van der Waals surface area contributed by atoms with Crippen LogP contribution in [0.5, 0.6) is 0 Å². The Balaban J connectivity index is 0.603. The molecule has 18 nitrogen and oxygen atoms in total. The van der Waals surface area contributed by atoms with Crippen molar-refractivity contribution in [3.63, 3.8) is 0 Å². The number of carbonyl (C=O) groups is 1. The van der Waals surface area contributed by atoms with Crippen molar-refractivity contribution < 1.29 is 86.4 Å². The molecule has 14 saturated heterocycles. The van der Waals surface area contributed by atoms with E-state index < -0.39 is 60.0 Å². The van der Waals surface area contributed by atoms with E-state index in [0.717, 1.165) is 64.1 Å². The summed E-state index contributed by atoms with van der Waals surface area (Å²) in [6.07, 6.45) is 7.62. The molecule has 402 valence electrons. The minimum Gasteiger partial charge on any atom is -0.390 e. The highest BCUT2D eigenvalue weighted by atomic mass is 16.7. The molecule has 0 aromatic carbocycles. The Kier molecular flexibility index (Phi) is 12.9. The number of hydrogen-bond donors (Lipinski definition) is 3. The highest BCUT2D eigenvalue weighted by Gasteiger charge is 2.62. The maximum atomic E-state index is 11.8. The topological polar surface area (TPSA) is 207 Å². The molecule has 14 heterocycles. The fourth-order valence-corrected chi connectivity index (χ4v) is 16.4. The van der Waals surface area contributed by atoms with Gasteiger partial charge in [-0.25, -0.2) is 0 Å². The van der Waals surface area contributed by atoms with E-state index in [1.165, 1.54) is 6.08 Å². The maximum Gasteiger partial charge on any atom is 0.142 e. The van der Waals surface area contributed by atoms with Gasteiger partial charge < -0.3 is 81.6 Å². The van der Waals surface area contributed by atoms with Crippen LogP contribution in [0.15, 0.2) is 12.2 Å². The Morgan fingerprint density at radius 2 is 0.792 bits per heavy atom. The molecule has 14 fully saturated rings. The van der Waals surface area contributed by atoms with E-state index in [9.17, 15) is 20.1 Å². The third-order valence-corrected chi connectivity index (χ3v) is 20.1. The molecule has 72 heavy (non-hydrogen) atoms. The van der Waals surface area contributed by atoms with Gasteiger partial charge in [-0.15, -0.1) is 0 Å². The predicted octanol–water partition coefficient (Wildman–Crippen LogP) is 3.00. The fraction of sp³-hybridized carbons (Fsp3) is 0.944. The van der Waals surface area contributed by atoms with Gasteiger partial charge in [0.15, 0.2) is 0 Å². The Bertz CT molecular complexity index is 2010. The third-order valence-electron chi connectivity index (χ3n) is 20.1. The lowest BCUT2D eigenvalue weighted by Gasteiger charge is -2.56. The fourth-order valence-electron chi connectivity index (χ4n) is 16.4. The van der Waals surface area contributed by atoms with E-state index in [-0.39, 0.29) is 128 Å². The lowest BCUT2D eigenvalue weighted by Crippen LogP contribution is -2.65. The summed E-state index contributed by atoms with van der Waals surface area (Å²) in [4.78, 5) is 10.8. The second-order valence-electron chi connectivity index (χ2n) is 24.9. The number of aliphatic hydroxyl groups excluding tert-OH is 3. The maximum absolute atomic E-state index is 11.8. The van der Waals surface area contributed by atoms with Crippen LogP contribution in [-0.4, -0.2) is 210 Å². The van der Waals surface area contributed by atoms with Gasteiger partial charge in [0.1, 0.15) is 18.5 Å². The standard InChI is InChI=1S/C54H78O18/c1-24-26(56)13-33-35(59-24)18-43-29(61-33)7-9-49-53(2,71-43)22-47-41(67-49)17-37-38(66-47)16-36-39(63-37)19-44-30(62-36)8-10-50-54(3,72-44)23-48-42(68-50)21-46-52(70-48)28(58)15-34-40(65-46)20-45-51(69-34)27(57)14-32-31(64-45)12-25(60-32)6-4-5-11-55/h4-5,11,24-52,56-58H,6-10,12-23H2,1-3H3/b5-4+/t24-,25+,26+,27+,28+,29+,30+,31+,32-,33-,34-,35+,36-,37-,38+,39+,40+,41+,42+,43-,44-,45-,46-,47-,48-,49-,50-,51+,52+,53+,54+/m1/s1. The highest BCUT2D eigenvalue weighted by molar-refractivity contribution is 5.64. The van der Waals surface area contributed by atoms with Crippen LogP contribution in [0.4, 0.5) is 0 Å². The largest absolute Gasteiger partial charge is 0.390 e. The monoisotopic (exact) mass is 1010 g/mol. The number of fused-ring (bicyclic) bond motifs is 13. The van der Waals surface area contributed by atoms with E-state index in [0.29, 0.717) is 51.4 Å². The summed E-state index contributed by atoms with van der Waals surface area (Å²) in [5.41, 5.74) is -1.17. The average molecular weight is 1020 g/mol. The quantitative estimate of drug-likeness (QED) is 0.275. The number of carbonyl (C=O) groups excluding carboxylic acids is 1. The smallest absolute Gasteiger partial charge is 0.142 e. The van der Waals surface area contributed by atoms with E-state index in [1.807, 2.05) is 13.0 Å². The molecule has 0 saturated carbocycles. The molecule has 0 radical (unpaired) electrons. The summed E-state index contributed by atoms with van der Waals surface area (Å²) in [6.45, 7) is 6.28. The van der Waals surface area contributed by atoms with Gasteiger partial charge in [0, 0.05) is 77.0 Å². The molecule has 0 amide bonds. The van der Waals surface area contributed by atoms with Crippen molar-refractivity contribution in [1.82, 2.24) is 0 Å². The van der Waals surface area contributed by atoms with Crippen molar-refractivity contribution in [1.29, 1.82) is 0 Å². The molecular weight excluding hydrogens is 937 g/mol. The van der Waals surface area contributed by atoms with Gasteiger partial charge >= 0.3 is 0 Å². The van der Waals surface area contributed by atoms with Gasteiger partial charge in [-0.05, 0) is 59.0 Å². The SMILES string of the molecule is C[C@H]1O[C@H]2C[C@H]3O[C@@]4(C)C[C@H]5O[C@H]6C[C@H]7O[C@H]8CC[C@H]9O[C@H]%10C[C@H]%11O[C@H]%12C[C@H]%13O[C@H]%14C[C@H](C/C=C/C=O)O[C@@H]%14C[C@H](O)[C@@H]%13O[C@@H]%12C[C@H](O)[C@@H]%11O[C@@H]%10C[C@]9(C)O[C@@H]8C[C@@H]7O[C@@H]6C[C@@H]5O[C@@H]4CC[C@@H]3O[C@@H]2C[C@@H]1O. The Labute approximate surface area is 421 Å². The van der Waals surface area contributed by atoms with E-state index >= 15 is 0 Å². The first-order valence-electron chi connectivity index (χ1n) is 28.2. The first kappa shape index (κ1) is 49.1. The molecule has 14 rings (SSSR count). The van der Waals surface area contributed by atoms with Crippen LogP contribution in [0.25, 0.3) is 0 Å². The Morgan fingerprint density at radius 3 is 1.36 bits per heavy atom. The van der Waals surface area contributed by atoms with Crippen molar-refractivity contribution >= 4 is 6.29 Å². The van der Waals surface area contributed by atoms with E-state index in [2.05, 4.69) is 13.8 Å². The second-order valence-corrected chi connectivity index (χ2v) is 24.9. The summed E-state index contributed by atoms with van der Waals surface area (Å²) >= 11 is 0. The number of allylic oxidation sites excluding steroid dienone is 1. The van der Waals surface area contributed by atoms with Gasteiger partial charge in [-0.3, -0.25) is 4.79 Å². The summed E-state index contributed by atoms with van der Waals surface area (Å²) in [5, 5.41) is 33.8. The van der Waals surface area contributed by atoms with Gasteiger partial charge in [0.2, 0.25) is 0 Å². The first-order valence-corrected chi connectivity index (χ1v) is 28.2. The second kappa shape index (κ2) is 19.0. The first-order chi connectivity index (χ1) is 34.8. The number of hydrogen-bond acceptors (Lipinski definition) is 18. The average Bonchev–Trinajstić information content (AvgIpc) is 3.40. The minimum atomic E-state index is -0.835. The summed E-state index contributed by atoms with van der Waals surface area (Å²) in [7, 11) is 0. The summed E-state index contributed by atoms with van der Waals surface area (Å²) < 4.78 is 95.3. The van der Waals surface area contributed by atoms with Crippen LogP contribution in [0, 0.1) is 0 Å². The van der Waals surface area contributed by atoms with Crippen molar-refractivity contribution in [3.05, 3.63) is 12.2 Å². The van der Waals surface area contributed by atoms with Gasteiger partial charge in [0.05, 0.1) is 176 Å². The Hall–Kier alpha value is -1.27. The molecule has 3 N–H and O–H groups in total. The van der Waals surface area contributed by atoms with Gasteiger partial charge in [-0.1, -0.05) is 6.08 Å². The molecule has 0 aliphatic carbocycles. The van der Waals surface area contributed by atoms with Crippen LogP contribution >= 0.6 is 0 Å². The van der Waals surface area contributed by atoms with Gasteiger partial charge in [0.25, 0.3) is 0 Å². The zero-order chi connectivity index (χ0) is 48.8. The Morgan fingerprint density at radius 1 is 0.403 bits per heavy atom. The van der Waals surface area contributed by atoms with Crippen molar-refractivity contribution in [2.45, 2.75) is 318 Å². The molecule has 18 heteroatoms. The molecule has 0 spiro atoms. The predicted molar refractivity (Wildman–Crippen MR) is 248 cm³/mol. The number of ether oxygens (including phenoxy) is 14. The minimum absolute atomic E-state index is 0.0580. The number of rotatable bonds is 3. The van der Waals surface area contributed by atoms with Crippen LogP contribution in [-0.2, 0) is 71.1 Å². The summed E-state index contributed by atoms with van der Waals surface area (Å²) in [5.74, 6) is 0. The van der Waals surface area contributed by atoms with Gasteiger partial charge in [-0.2, -0.15) is 0 Å². The highest BCUT2D eigenvalue weighted by Crippen LogP contribution is 2.52. The molecular formula is C54H78O18. The zero-order valence-corrected chi connectivity index (χ0v) is 42.0. The molecule has 14 aliphatic heterocycles. The number of aldehydes is 1. The zero-order valence-electron chi connectivity index (χ0n) is 42.0. The van der Waals surface area contributed by atoms with E-state index in [1.54, 1.807) is 0 Å². The molecule has 0 aromatic rings. The third kappa shape index (κ3) is 8.76. The normalized spacial score (nSPS) is 59.8. The molecule has 0 aromatic heterocycles. The lowest BCUT2D eigenvalue weighted by atomic mass is 9.80. The van der Waals surface area contributed by atoms with Crippen LogP contribution in [0.2, 0.25) is 0 Å². The van der Waals surface area contributed by atoms with Crippen LogP contribution in [0.1, 0.15) is 130 Å². The van der Waals surface area contributed by atoms with Crippen LogP contribution < -0.4 is 0 Å². The van der Waals surface area contributed by atoms with Crippen molar-refractivity contribution in [3.8, 4) is 0 Å². The summed E-state index contributed by atoms with van der Waals surface area (Å²) in [6, 6.07) is 0. The lowest BCUT2D eigenvalue weighted by molar-refractivity contribution is -0.329.